The molecule has 9 nitrogen and oxygen atoms in total. The number of hydrogen-bond donors (Lipinski definition) is 6. The molecule has 0 aliphatic carbocycles. The average Bonchev–Trinajstić information content (AvgIpc) is 3.25. The van der Waals surface area contributed by atoms with Gasteiger partial charge in [0.15, 0.2) is 6.29 Å². The molecule has 1 fully saturated rings. The molecule has 1 saturated heterocycles. The molecular weight excluding hydrogens is 755 g/mol. The molecule has 0 radical (unpaired) electrons. The van der Waals surface area contributed by atoms with Gasteiger partial charge >= 0.3 is 0 Å². The molecule has 0 aromatic carbocycles. The second-order valence-electron chi connectivity index (χ2n) is 18.0. The Morgan fingerprint density at radius 1 is 0.550 bits per heavy atom. The number of rotatable bonds is 43. The molecule has 0 saturated carbocycles. The van der Waals surface area contributed by atoms with E-state index in [0.717, 1.165) is 38.5 Å². The van der Waals surface area contributed by atoms with E-state index >= 15 is 0 Å². The third-order valence-electron chi connectivity index (χ3n) is 12.3. The van der Waals surface area contributed by atoms with Crippen molar-refractivity contribution in [1.29, 1.82) is 0 Å². The quantitative estimate of drug-likeness (QED) is 0.0262. The van der Waals surface area contributed by atoms with E-state index in [9.17, 15) is 30.3 Å². The molecule has 6 N–H and O–H groups in total. The molecule has 0 spiro atoms. The predicted molar refractivity (Wildman–Crippen MR) is 249 cm³/mol. The van der Waals surface area contributed by atoms with Crippen LogP contribution in [0.25, 0.3) is 0 Å². The smallest absolute Gasteiger partial charge is 0.220 e. The number of aliphatic hydroxyl groups is 5. The van der Waals surface area contributed by atoms with Crippen molar-refractivity contribution in [2.24, 2.45) is 0 Å². The van der Waals surface area contributed by atoms with Gasteiger partial charge in [-0.25, -0.2) is 0 Å². The third-order valence-corrected chi connectivity index (χ3v) is 12.3. The molecule has 0 bridgehead atoms. The van der Waals surface area contributed by atoms with E-state index in [0.29, 0.717) is 6.42 Å². The summed E-state index contributed by atoms with van der Waals surface area (Å²) in [6.45, 7) is 3.78. The van der Waals surface area contributed by atoms with Gasteiger partial charge in [0, 0.05) is 6.42 Å². The summed E-state index contributed by atoms with van der Waals surface area (Å²) >= 11 is 0. The summed E-state index contributed by atoms with van der Waals surface area (Å²) in [6.07, 6.45) is 43.7. The highest BCUT2D eigenvalue weighted by molar-refractivity contribution is 5.76. The lowest BCUT2D eigenvalue weighted by molar-refractivity contribution is -0.302. The summed E-state index contributed by atoms with van der Waals surface area (Å²) in [5.74, 6) is -0.183. The minimum absolute atomic E-state index is 0.183. The molecule has 60 heavy (non-hydrogen) atoms. The fourth-order valence-corrected chi connectivity index (χ4v) is 8.17. The van der Waals surface area contributed by atoms with Gasteiger partial charge in [0.1, 0.15) is 24.4 Å². The molecule has 1 aliphatic heterocycles. The molecule has 9 heteroatoms. The second kappa shape index (κ2) is 41.7. The van der Waals surface area contributed by atoms with Crippen LogP contribution in [0.3, 0.4) is 0 Å². The van der Waals surface area contributed by atoms with Crippen LogP contribution in [0.4, 0.5) is 0 Å². The van der Waals surface area contributed by atoms with Gasteiger partial charge in [-0.05, 0) is 32.1 Å². The van der Waals surface area contributed by atoms with Crippen molar-refractivity contribution in [3.8, 4) is 0 Å². The molecule has 1 heterocycles. The summed E-state index contributed by atoms with van der Waals surface area (Å²) in [5.41, 5.74) is 0. The maximum absolute atomic E-state index is 13.0. The zero-order valence-electron chi connectivity index (χ0n) is 39.0. The van der Waals surface area contributed by atoms with E-state index in [4.69, 9.17) is 9.47 Å². The monoisotopic (exact) mass is 852 g/mol. The SMILES string of the molecule is CCCCCCCCCCCCCCCC/C=C/CC/C=C/C(O)C(COC1OC(CO)C(O)C(O)C1O)NC(=O)CCCCCCCCCCCCCCCCCCC. The Morgan fingerprint density at radius 2 is 0.950 bits per heavy atom. The number of unbranched alkanes of at least 4 members (excludes halogenated alkanes) is 31. The number of carbonyl (C=O) groups excluding carboxylic acids is 1. The maximum atomic E-state index is 13.0. The van der Waals surface area contributed by atoms with Gasteiger partial charge in [0.05, 0.1) is 25.4 Å². The highest BCUT2D eigenvalue weighted by Crippen LogP contribution is 2.23. The van der Waals surface area contributed by atoms with Crippen LogP contribution in [-0.2, 0) is 14.3 Å². The van der Waals surface area contributed by atoms with Gasteiger partial charge in [-0.15, -0.1) is 0 Å². The molecule has 0 aromatic rings. The van der Waals surface area contributed by atoms with Gasteiger partial charge in [0.25, 0.3) is 0 Å². The number of amides is 1. The zero-order valence-corrected chi connectivity index (χ0v) is 39.0. The Kier molecular flexibility index (Phi) is 39.4. The summed E-state index contributed by atoms with van der Waals surface area (Å²) in [6, 6.07) is -0.817. The van der Waals surface area contributed by atoms with E-state index in [1.54, 1.807) is 6.08 Å². The summed E-state index contributed by atoms with van der Waals surface area (Å²) < 4.78 is 11.2. The minimum atomic E-state index is -1.57. The van der Waals surface area contributed by atoms with Crippen molar-refractivity contribution in [2.45, 2.75) is 281 Å². The number of hydrogen-bond acceptors (Lipinski definition) is 8. The summed E-state index contributed by atoms with van der Waals surface area (Å²) in [4.78, 5) is 13.0. The lowest BCUT2D eigenvalue weighted by atomic mass is 9.99. The lowest BCUT2D eigenvalue weighted by Gasteiger charge is -2.40. The second-order valence-corrected chi connectivity index (χ2v) is 18.0. The highest BCUT2D eigenvalue weighted by Gasteiger charge is 2.44. The van der Waals surface area contributed by atoms with E-state index < -0.39 is 49.5 Å². The number of ether oxygens (including phenoxy) is 2. The largest absolute Gasteiger partial charge is 0.394 e. The average molecular weight is 852 g/mol. The summed E-state index contributed by atoms with van der Waals surface area (Å²) in [7, 11) is 0. The van der Waals surface area contributed by atoms with Crippen molar-refractivity contribution < 1.29 is 39.8 Å². The van der Waals surface area contributed by atoms with Gasteiger partial charge in [-0.1, -0.05) is 224 Å². The van der Waals surface area contributed by atoms with Gasteiger partial charge in [-0.3, -0.25) is 4.79 Å². The van der Waals surface area contributed by atoms with Crippen LogP contribution in [0.15, 0.2) is 24.3 Å². The molecule has 354 valence electrons. The van der Waals surface area contributed by atoms with Gasteiger partial charge < -0.3 is 40.3 Å². The van der Waals surface area contributed by atoms with E-state index in [1.807, 2.05) is 6.08 Å². The van der Waals surface area contributed by atoms with Crippen LogP contribution < -0.4 is 5.32 Å². The van der Waals surface area contributed by atoms with Crippen LogP contribution in [0.5, 0.6) is 0 Å². The van der Waals surface area contributed by atoms with Crippen molar-refractivity contribution in [1.82, 2.24) is 5.32 Å². The Balaban J connectivity index is 2.32. The zero-order chi connectivity index (χ0) is 43.7. The van der Waals surface area contributed by atoms with Crippen LogP contribution in [0, 0.1) is 0 Å². The number of carbonyl (C=O) groups is 1. The maximum Gasteiger partial charge on any atom is 0.220 e. The Hall–Kier alpha value is -1.33. The first-order valence-corrected chi connectivity index (χ1v) is 25.6. The van der Waals surface area contributed by atoms with Crippen molar-refractivity contribution >= 4 is 5.91 Å². The van der Waals surface area contributed by atoms with Gasteiger partial charge in [-0.2, -0.15) is 0 Å². The number of aliphatic hydroxyl groups excluding tert-OH is 5. The topological polar surface area (TPSA) is 149 Å². The van der Waals surface area contributed by atoms with Crippen LogP contribution in [0.1, 0.15) is 239 Å². The van der Waals surface area contributed by atoms with E-state index in [1.165, 1.54) is 180 Å². The summed E-state index contributed by atoms with van der Waals surface area (Å²) in [5, 5.41) is 54.3. The fraction of sp³-hybridized carbons (Fsp3) is 0.902. The molecule has 7 atom stereocenters. The molecule has 1 amide bonds. The minimum Gasteiger partial charge on any atom is -0.394 e. The van der Waals surface area contributed by atoms with Crippen LogP contribution >= 0.6 is 0 Å². The van der Waals surface area contributed by atoms with Crippen LogP contribution in [0.2, 0.25) is 0 Å². The fourth-order valence-electron chi connectivity index (χ4n) is 8.17. The first-order valence-electron chi connectivity index (χ1n) is 25.6. The molecule has 0 aromatic heterocycles. The van der Waals surface area contributed by atoms with E-state index in [-0.39, 0.29) is 12.5 Å². The first kappa shape index (κ1) is 56.7. The standard InChI is InChI=1S/C51H97NO8/c1-3-5-7-9-11-13-15-17-19-21-22-23-25-26-28-30-32-34-36-38-40-45(54)44(43-59-51-50(58)49(57)48(56)46(42-53)60-51)52-47(55)41-39-37-35-33-31-29-27-24-20-18-16-14-12-10-8-6-4-2/h30,32,38,40,44-46,48-51,53-54,56-58H,3-29,31,33-37,39,41-43H2,1-2H3,(H,52,55)/b32-30+,40-38+. The lowest BCUT2D eigenvalue weighted by Crippen LogP contribution is -2.60. The molecule has 1 rings (SSSR count). The molecule has 7 unspecified atom stereocenters. The molecular formula is C51H97NO8. The first-order chi connectivity index (χ1) is 29.3. The van der Waals surface area contributed by atoms with E-state index in [2.05, 4.69) is 31.3 Å². The highest BCUT2D eigenvalue weighted by atomic mass is 16.7. The molecule has 1 aliphatic rings. The third kappa shape index (κ3) is 31.5. The van der Waals surface area contributed by atoms with Crippen molar-refractivity contribution in [2.75, 3.05) is 13.2 Å². The van der Waals surface area contributed by atoms with Gasteiger partial charge in [0.2, 0.25) is 5.91 Å². The number of allylic oxidation sites excluding steroid dienone is 3. The predicted octanol–water partition coefficient (Wildman–Crippen LogP) is 11.5. The number of nitrogens with one attached hydrogen (secondary N) is 1. The normalized spacial score (nSPS) is 20.7. The van der Waals surface area contributed by atoms with Crippen molar-refractivity contribution in [3.63, 3.8) is 0 Å². The Labute approximate surface area is 369 Å². The van der Waals surface area contributed by atoms with Crippen LogP contribution in [-0.4, -0.2) is 87.5 Å². The Morgan fingerprint density at radius 3 is 1.40 bits per heavy atom. The Bertz CT molecular complexity index is 992. The van der Waals surface area contributed by atoms with Crippen molar-refractivity contribution in [3.05, 3.63) is 24.3 Å².